The van der Waals surface area contributed by atoms with Crippen molar-refractivity contribution in [3.63, 3.8) is 0 Å². The maximum absolute atomic E-state index is 11.5. The third-order valence-corrected chi connectivity index (χ3v) is 4.70. The summed E-state index contributed by atoms with van der Waals surface area (Å²) in [6, 6.07) is 5.80. The van der Waals surface area contributed by atoms with E-state index in [1.165, 1.54) is 0 Å². The van der Waals surface area contributed by atoms with Crippen LogP contribution in [0.15, 0.2) is 22.7 Å². The Hall–Kier alpha value is -2.57. The Labute approximate surface area is 139 Å². The Morgan fingerprint density at radius 1 is 1.33 bits per heavy atom. The fourth-order valence-electron chi connectivity index (χ4n) is 3.21. The molecule has 2 aromatic rings. The molecule has 2 aliphatic rings. The van der Waals surface area contributed by atoms with Crippen molar-refractivity contribution in [2.45, 2.75) is 32.1 Å². The lowest BCUT2D eigenvalue weighted by molar-refractivity contribution is -0.128. The van der Waals surface area contributed by atoms with Gasteiger partial charge in [0.05, 0.1) is 5.41 Å². The van der Waals surface area contributed by atoms with E-state index in [-0.39, 0.29) is 18.1 Å². The molecule has 1 fully saturated rings. The number of fused-ring (bicyclic) bond motifs is 1. The SMILES string of the molecule is CC(=O)N1CCC(C)(c2nc(Cc3ccc4c(c3)OCO4)no2)C1. The lowest BCUT2D eigenvalue weighted by Crippen LogP contribution is -2.31. The molecule has 0 N–H and O–H groups in total. The summed E-state index contributed by atoms with van der Waals surface area (Å²) in [5.41, 5.74) is 0.764. The molecule has 1 amide bonds. The summed E-state index contributed by atoms with van der Waals surface area (Å²) in [4.78, 5) is 17.9. The first-order chi connectivity index (χ1) is 11.5. The lowest BCUT2D eigenvalue weighted by Gasteiger charge is -2.19. The lowest BCUT2D eigenvalue weighted by atomic mass is 9.90. The highest BCUT2D eigenvalue weighted by Crippen LogP contribution is 2.34. The van der Waals surface area contributed by atoms with Crippen LogP contribution in [-0.4, -0.2) is 40.8 Å². The molecule has 24 heavy (non-hydrogen) atoms. The van der Waals surface area contributed by atoms with Gasteiger partial charge in [-0.1, -0.05) is 11.2 Å². The molecule has 1 atom stereocenters. The number of amides is 1. The van der Waals surface area contributed by atoms with Crippen LogP contribution in [0.4, 0.5) is 0 Å². The predicted octanol–water partition coefficient (Wildman–Crippen LogP) is 1.90. The van der Waals surface area contributed by atoms with Crippen molar-refractivity contribution in [3.05, 3.63) is 35.5 Å². The van der Waals surface area contributed by atoms with Crippen molar-refractivity contribution in [1.82, 2.24) is 15.0 Å². The zero-order chi connectivity index (χ0) is 16.7. The first-order valence-corrected chi connectivity index (χ1v) is 8.01. The molecule has 0 bridgehead atoms. The Balaban J connectivity index is 1.50. The second-order valence-corrected chi connectivity index (χ2v) is 6.63. The highest BCUT2D eigenvalue weighted by atomic mass is 16.7. The first kappa shape index (κ1) is 15.0. The Morgan fingerprint density at radius 2 is 2.17 bits per heavy atom. The first-order valence-electron chi connectivity index (χ1n) is 8.01. The van der Waals surface area contributed by atoms with E-state index in [0.29, 0.717) is 24.7 Å². The van der Waals surface area contributed by atoms with Crippen LogP contribution in [0.1, 0.15) is 37.5 Å². The van der Waals surface area contributed by atoms with Crippen LogP contribution in [0.5, 0.6) is 11.5 Å². The maximum Gasteiger partial charge on any atom is 0.234 e. The number of nitrogens with zero attached hydrogens (tertiary/aromatic N) is 3. The van der Waals surface area contributed by atoms with E-state index < -0.39 is 0 Å². The van der Waals surface area contributed by atoms with Crippen molar-refractivity contribution in [2.24, 2.45) is 0 Å². The normalized spacial score (nSPS) is 22.2. The van der Waals surface area contributed by atoms with Gasteiger partial charge in [0.1, 0.15) is 0 Å². The highest BCUT2D eigenvalue weighted by molar-refractivity contribution is 5.73. The molecule has 1 unspecified atom stereocenters. The molecule has 0 spiro atoms. The van der Waals surface area contributed by atoms with Crippen molar-refractivity contribution >= 4 is 5.91 Å². The molecular formula is C17H19N3O4. The number of hydrogen-bond acceptors (Lipinski definition) is 6. The van der Waals surface area contributed by atoms with E-state index in [2.05, 4.69) is 17.1 Å². The molecular weight excluding hydrogens is 310 g/mol. The van der Waals surface area contributed by atoms with Crippen LogP contribution < -0.4 is 9.47 Å². The maximum atomic E-state index is 11.5. The van der Waals surface area contributed by atoms with E-state index in [0.717, 1.165) is 30.0 Å². The molecule has 1 aromatic carbocycles. The average Bonchev–Trinajstić information content (AvgIpc) is 3.26. The minimum atomic E-state index is -0.272. The van der Waals surface area contributed by atoms with E-state index >= 15 is 0 Å². The number of hydrogen-bond donors (Lipinski definition) is 0. The van der Waals surface area contributed by atoms with E-state index in [1.54, 1.807) is 6.92 Å². The van der Waals surface area contributed by atoms with Crippen molar-refractivity contribution in [1.29, 1.82) is 0 Å². The highest BCUT2D eigenvalue weighted by Gasteiger charge is 2.41. The van der Waals surface area contributed by atoms with Crippen LogP contribution in [0.2, 0.25) is 0 Å². The minimum absolute atomic E-state index is 0.0822. The topological polar surface area (TPSA) is 77.7 Å². The zero-order valence-corrected chi connectivity index (χ0v) is 13.7. The summed E-state index contributed by atoms with van der Waals surface area (Å²) in [6.45, 7) is 5.26. The largest absolute Gasteiger partial charge is 0.454 e. The van der Waals surface area contributed by atoms with Gasteiger partial charge in [0.15, 0.2) is 17.3 Å². The van der Waals surface area contributed by atoms with Crippen molar-refractivity contribution < 1.29 is 18.8 Å². The molecule has 1 saturated heterocycles. The van der Waals surface area contributed by atoms with Gasteiger partial charge in [-0.05, 0) is 31.0 Å². The summed E-state index contributed by atoms with van der Waals surface area (Å²) >= 11 is 0. The van der Waals surface area contributed by atoms with Gasteiger partial charge in [0, 0.05) is 26.4 Å². The van der Waals surface area contributed by atoms with Crippen LogP contribution in [0.3, 0.4) is 0 Å². The monoisotopic (exact) mass is 329 g/mol. The van der Waals surface area contributed by atoms with Crippen molar-refractivity contribution in [3.8, 4) is 11.5 Å². The Bertz CT molecular complexity index is 788. The molecule has 0 saturated carbocycles. The minimum Gasteiger partial charge on any atom is -0.454 e. The fourth-order valence-corrected chi connectivity index (χ4v) is 3.21. The van der Waals surface area contributed by atoms with Gasteiger partial charge < -0.3 is 18.9 Å². The molecule has 7 heteroatoms. The number of benzene rings is 1. The van der Waals surface area contributed by atoms with Gasteiger partial charge in [-0.3, -0.25) is 4.79 Å². The number of carbonyl (C=O) groups excluding carboxylic acids is 1. The number of rotatable bonds is 3. The van der Waals surface area contributed by atoms with Gasteiger partial charge >= 0.3 is 0 Å². The fraction of sp³-hybridized carbons (Fsp3) is 0.471. The van der Waals surface area contributed by atoms with Crippen LogP contribution >= 0.6 is 0 Å². The summed E-state index contributed by atoms with van der Waals surface area (Å²) in [5.74, 6) is 2.82. The standard InChI is InChI=1S/C17H19N3O4/c1-11(21)20-6-5-17(2,9-20)16-18-15(19-24-16)8-12-3-4-13-14(7-12)23-10-22-13/h3-4,7H,5-6,8-10H2,1-2H3. The van der Waals surface area contributed by atoms with E-state index in [4.69, 9.17) is 14.0 Å². The van der Waals surface area contributed by atoms with Crippen molar-refractivity contribution in [2.75, 3.05) is 19.9 Å². The number of ether oxygens (including phenoxy) is 2. The average molecular weight is 329 g/mol. The van der Waals surface area contributed by atoms with Gasteiger partial charge in [-0.2, -0.15) is 4.98 Å². The summed E-state index contributed by atoms with van der Waals surface area (Å²) in [6.07, 6.45) is 1.39. The Morgan fingerprint density at radius 3 is 2.96 bits per heavy atom. The number of carbonyl (C=O) groups is 1. The molecule has 1 aromatic heterocycles. The smallest absolute Gasteiger partial charge is 0.234 e. The zero-order valence-electron chi connectivity index (χ0n) is 13.7. The second-order valence-electron chi connectivity index (χ2n) is 6.63. The molecule has 3 heterocycles. The van der Waals surface area contributed by atoms with Gasteiger partial charge in [-0.15, -0.1) is 0 Å². The van der Waals surface area contributed by atoms with Crippen LogP contribution in [0, 0.1) is 0 Å². The molecule has 0 aliphatic carbocycles. The Kier molecular flexibility index (Phi) is 3.44. The molecule has 0 radical (unpaired) electrons. The molecule has 7 nitrogen and oxygen atoms in total. The summed E-state index contributed by atoms with van der Waals surface area (Å²) < 4.78 is 16.2. The van der Waals surface area contributed by atoms with Crippen LogP contribution in [-0.2, 0) is 16.6 Å². The van der Waals surface area contributed by atoms with Gasteiger partial charge in [0.2, 0.25) is 18.6 Å². The quantitative estimate of drug-likeness (QED) is 0.856. The third kappa shape index (κ3) is 2.60. The van der Waals surface area contributed by atoms with E-state index in [1.807, 2.05) is 23.1 Å². The summed E-state index contributed by atoms with van der Waals surface area (Å²) in [7, 11) is 0. The van der Waals surface area contributed by atoms with Gasteiger partial charge in [0.25, 0.3) is 0 Å². The predicted molar refractivity (Wildman–Crippen MR) is 83.9 cm³/mol. The molecule has 126 valence electrons. The second kappa shape index (κ2) is 5.51. The summed E-state index contributed by atoms with van der Waals surface area (Å²) in [5, 5.41) is 4.10. The van der Waals surface area contributed by atoms with E-state index in [9.17, 15) is 4.79 Å². The molecule has 2 aliphatic heterocycles. The van der Waals surface area contributed by atoms with Gasteiger partial charge in [-0.25, -0.2) is 0 Å². The third-order valence-electron chi connectivity index (χ3n) is 4.70. The molecule has 4 rings (SSSR count). The number of likely N-dealkylation sites (tertiary alicyclic amines) is 1. The van der Waals surface area contributed by atoms with Crippen LogP contribution in [0.25, 0.3) is 0 Å². The number of aromatic nitrogens is 2.